The van der Waals surface area contributed by atoms with Crippen LogP contribution in [0.2, 0.25) is 0 Å². The number of amides is 1. The van der Waals surface area contributed by atoms with E-state index in [1.165, 1.54) is 30.6 Å². The van der Waals surface area contributed by atoms with Crippen LogP contribution in [0.3, 0.4) is 0 Å². The largest absolute Gasteiger partial charge is 0.379 e. The van der Waals surface area contributed by atoms with Crippen LogP contribution in [0.25, 0.3) is 0 Å². The smallest absolute Gasteiger partial charge is 0.232 e. The third-order valence-electron chi connectivity index (χ3n) is 6.88. The van der Waals surface area contributed by atoms with E-state index < -0.39 is 0 Å². The SMILES string of the molecule is O=C(Nc1nnc(SCCN2CCOCC2)s1)C12CC3CC(CC(C3)C1)C2. The molecule has 0 unspecified atom stereocenters. The number of rotatable bonds is 6. The molecule has 0 atom stereocenters. The van der Waals surface area contributed by atoms with Gasteiger partial charge in [0, 0.05) is 25.4 Å². The van der Waals surface area contributed by atoms with Gasteiger partial charge in [-0.25, -0.2) is 0 Å². The van der Waals surface area contributed by atoms with Crippen molar-refractivity contribution < 1.29 is 9.53 Å². The summed E-state index contributed by atoms with van der Waals surface area (Å²) in [6.45, 7) is 4.75. The molecule has 0 aromatic carbocycles. The normalized spacial score (nSPS) is 35.5. The molecule has 1 saturated heterocycles. The predicted octanol–water partition coefficient (Wildman–Crippen LogP) is 3.12. The lowest BCUT2D eigenvalue weighted by Gasteiger charge is -2.55. The minimum absolute atomic E-state index is 0.121. The molecule has 2 heterocycles. The lowest BCUT2D eigenvalue weighted by atomic mass is 9.49. The van der Waals surface area contributed by atoms with Crippen molar-refractivity contribution >= 4 is 34.1 Å². The Bertz CT molecular complexity index is 654. The summed E-state index contributed by atoms with van der Waals surface area (Å²) in [5, 5.41) is 12.3. The summed E-state index contributed by atoms with van der Waals surface area (Å²) in [6, 6.07) is 0. The summed E-state index contributed by atoms with van der Waals surface area (Å²) in [5.74, 6) is 3.55. The number of hydrogen-bond acceptors (Lipinski definition) is 7. The Morgan fingerprint density at radius 2 is 1.81 bits per heavy atom. The van der Waals surface area contributed by atoms with Crippen molar-refractivity contribution in [3.05, 3.63) is 0 Å². The van der Waals surface area contributed by atoms with Crippen LogP contribution < -0.4 is 5.32 Å². The van der Waals surface area contributed by atoms with E-state index in [4.69, 9.17) is 4.74 Å². The first-order valence-corrected chi connectivity index (χ1v) is 12.1. The van der Waals surface area contributed by atoms with E-state index in [9.17, 15) is 4.79 Å². The van der Waals surface area contributed by atoms with E-state index in [0.717, 1.165) is 80.0 Å². The zero-order chi connectivity index (χ0) is 18.3. The maximum Gasteiger partial charge on any atom is 0.232 e. The van der Waals surface area contributed by atoms with Crippen molar-refractivity contribution in [2.75, 3.05) is 43.9 Å². The van der Waals surface area contributed by atoms with Gasteiger partial charge in [-0.05, 0) is 56.3 Å². The highest BCUT2D eigenvalue weighted by Gasteiger charge is 2.54. The number of aromatic nitrogens is 2. The van der Waals surface area contributed by atoms with E-state index in [0.29, 0.717) is 5.13 Å². The zero-order valence-corrected chi connectivity index (χ0v) is 17.3. The number of hydrogen-bond donors (Lipinski definition) is 1. The Kier molecular flexibility index (Phi) is 5.17. The second-order valence-corrected chi connectivity index (χ2v) is 11.1. The van der Waals surface area contributed by atoms with Crippen LogP contribution in [0.5, 0.6) is 0 Å². The molecule has 0 spiro atoms. The molecule has 148 valence electrons. The van der Waals surface area contributed by atoms with Gasteiger partial charge < -0.3 is 10.1 Å². The van der Waals surface area contributed by atoms with Gasteiger partial charge in [0.2, 0.25) is 11.0 Å². The lowest BCUT2D eigenvalue weighted by Crippen LogP contribution is -2.51. The molecule has 6 nitrogen and oxygen atoms in total. The molecule has 4 aliphatic carbocycles. The van der Waals surface area contributed by atoms with Crippen molar-refractivity contribution in [2.45, 2.75) is 42.9 Å². The average molecular weight is 409 g/mol. The molecule has 1 aliphatic heterocycles. The molecule has 6 rings (SSSR count). The van der Waals surface area contributed by atoms with Crippen LogP contribution >= 0.6 is 23.1 Å². The summed E-state index contributed by atoms with van der Waals surface area (Å²) < 4.78 is 6.33. The standard InChI is InChI=1S/C19H28N4O2S2/c24-16(19-10-13-7-14(11-19)9-15(8-13)12-19)20-17-21-22-18(27-17)26-6-3-23-1-4-25-5-2-23/h13-15H,1-12H2,(H,20,21,24). The Morgan fingerprint density at radius 1 is 1.15 bits per heavy atom. The molecule has 1 N–H and O–H groups in total. The topological polar surface area (TPSA) is 67.4 Å². The first-order chi connectivity index (χ1) is 13.2. The summed E-state index contributed by atoms with van der Waals surface area (Å²) >= 11 is 3.25. The number of thioether (sulfide) groups is 1. The monoisotopic (exact) mass is 408 g/mol. The highest BCUT2D eigenvalue weighted by molar-refractivity contribution is 8.01. The summed E-state index contributed by atoms with van der Waals surface area (Å²) in [7, 11) is 0. The van der Waals surface area contributed by atoms with Gasteiger partial charge in [-0.3, -0.25) is 9.69 Å². The van der Waals surface area contributed by atoms with Crippen molar-refractivity contribution in [2.24, 2.45) is 23.2 Å². The maximum atomic E-state index is 13.1. The second-order valence-electron chi connectivity index (χ2n) is 8.83. The van der Waals surface area contributed by atoms with Crippen LogP contribution in [0.4, 0.5) is 5.13 Å². The number of carbonyl (C=O) groups excluding carboxylic acids is 1. The Morgan fingerprint density at radius 3 is 2.48 bits per heavy atom. The van der Waals surface area contributed by atoms with Gasteiger partial charge in [0.05, 0.1) is 18.6 Å². The first kappa shape index (κ1) is 18.3. The van der Waals surface area contributed by atoms with E-state index in [2.05, 4.69) is 20.4 Å². The molecule has 5 fully saturated rings. The molecule has 5 aliphatic rings. The van der Waals surface area contributed by atoms with Crippen molar-refractivity contribution in [1.82, 2.24) is 15.1 Å². The third-order valence-corrected chi connectivity index (χ3v) is 8.84. The predicted molar refractivity (Wildman–Crippen MR) is 107 cm³/mol. The average Bonchev–Trinajstić information content (AvgIpc) is 3.09. The highest BCUT2D eigenvalue weighted by atomic mass is 32.2. The third kappa shape index (κ3) is 3.91. The summed E-state index contributed by atoms with van der Waals surface area (Å²) in [6.07, 6.45) is 7.33. The number of morpholine rings is 1. The van der Waals surface area contributed by atoms with Crippen LogP contribution in [0, 0.1) is 23.2 Å². The van der Waals surface area contributed by atoms with E-state index in [1.54, 1.807) is 11.8 Å². The minimum Gasteiger partial charge on any atom is -0.379 e. The quantitative estimate of drug-likeness (QED) is 0.576. The van der Waals surface area contributed by atoms with E-state index in [-0.39, 0.29) is 11.3 Å². The molecule has 8 heteroatoms. The van der Waals surface area contributed by atoms with Crippen LogP contribution in [-0.2, 0) is 9.53 Å². The number of nitrogens with one attached hydrogen (secondary N) is 1. The van der Waals surface area contributed by atoms with E-state index in [1.807, 2.05) is 0 Å². The Hall–Kier alpha value is -0.700. The summed E-state index contributed by atoms with van der Waals surface area (Å²) in [5.41, 5.74) is -0.121. The number of anilines is 1. The second kappa shape index (κ2) is 7.61. The van der Waals surface area contributed by atoms with E-state index >= 15 is 0 Å². The maximum absolute atomic E-state index is 13.1. The van der Waals surface area contributed by atoms with Gasteiger partial charge >= 0.3 is 0 Å². The molecule has 27 heavy (non-hydrogen) atoms. The molecular formula is C19H28N4O2S2. The van der Waals surface area contributed by atoms with Gasteiger partial charge in [-0.15, -0.1) is 10.2 Å². The Labute approximate surface area is 168 Å². The van der Waals surface area contributed by atoms with Crippen LogP contribution in [0.15, 0.2) is 4.34 Å². The minimum atomic E-state index is -0.121. The molecule has 4 saturated carbocycles. The van der Waals surface area contributed by atoms with Crippen LogP contribution in [-0.4, -0.2) is 59.6 Å². The summed E-state index contributed by atoms with van der Waals surface area (Å²) in [4.78, 5) is 15.5. The Balaban J connectivity index is 1.14. The fourth-order valence-electron chi connectivity index (χ4n) is 6.02. The molecule has 0 radical (unpaired) electrons. The van der Waals surface area contributed by atoms with Crippen molar-refractivity contribution in [1.29, 1.82) is 0 Å². The van der Waals surface area contributed by atoms with Gasteiger partial charge in [0.25, 0.3) is 0 Å². The molecule has 1 amide bonds. The zero-order valence-electron chi connectivity index (χ0n) is 15.7. The van der Waals surface area contributed by atoms with Gasteiger partial charge in [0.1, 0.15) is 0 Å². The molecule has 4 bridgehead atoms. The van der Waals surface area contributed by atoms with Crippen LogP contribution in [0.1, 0.15) is 38.5 Å². The van der Waals surface area contributed by atoms with Crippen molar-refractivity contribution in [3.8, 4) is 0 Å². The molecular weight excluding hydrogens is 380 g/mol. The number of ether oxygens (including phenoxy) is 1. The molecule has 1 aromatic rings. The molecule has 1 aromatic heterocycles. The highest BCUT2D eigenvalue weighted by Crippen LogP contribution is 2.60. The number of nitrogens with zero attached hydrogens (tertiary/aromatic N) is 3. The van der Waals surface area contributed by atoms with Gasteiger partial charge in [-0.2, -0.15) is 0 Å². The van der Waals surface area contributed by atoms with Gasteiger partial charge in [0.15, 0.2) is 4.34 Å². The van der Waals surface area contributed by atoms with Gasteiger partial charge in [-0.1, -0.05) is 23.1 Å². The fraction of sp³-hybridized carbons (Fsp3) is 0.842. The lowest BCUT2D eigenvalue weighted by molar-refractivity contribution is -0.140. The number of carbonyl (C=O) groups is 1. The van der Waals surface area contributed by atoms with Crippen molar-refractivity contribution in [3.63, 3.8) is 0 Å². The first-order valence-electron chi connectivity index (χ1n) is 10.3. The fourth-order valence-corrected chi connectivity index (χ4v) is 7.84.